The highest BCUT2D eigenvalue weighted by molar-refractivity contribution is 5.74. The van der Waals surface area contributed by atoms with Crippen molar-refractivity contribution in [1.29, 1.82) is 0 Å². The van der Waals surface area contributed by atoms with Gasteiger partial charge in [-0.25, -0.2) is 4.79 Å². The number of nitrogens with one attached hydrogen (secondary N) is 1. The lowest BCUT2D eigenvalue weighted by Gasteiger charge is -2.40. The van der Waals surface area contributed by atoms with E-state index in [-0.39, 0.29) is 12.1 Å². The Morgan fingerprint density at radius 1 is 0.828 bits per heavy atom. The van der Waals surface area contributed by atoms with E-state index in [1.807, 2.05) is 4.90 Å². The Hall–Kier alpha value is -2.33. The number of carbonyl (C=O) groups is 1. The van der Waals surface area contributed by atoms with Crippen LogP contribution in [-0.4, -0.2) is 48.6 Å². The molecule has 2 aromatic rings. The van der Waals surface area contributed by atoms with E-state index >= 15 is 0 Å². The van der Waals surface area contributed by atoms with Crippen molar-refractivity contribution < 1.29 is 4.79 Å². The molecule has 0 bridgehead atoms. The monoisotopic (exact) mass is 391 g/mol. The Labute approximate surface area is 174 Å². The normalized spacial score (nSPS) is 18.7. The van der Waals surface area contributed by atoms with Gasteiger partial charge in [-0.2, -0.15) is 0 Å². The van der Waals surface area contributed by atoms with Crippen LogP contribution >= 0.6 is 0 Å². The maximum atomic E-state index is 12.7. The van der Waals surface area contributed by atoms with Crippen molar-refractivity contribution in [3.63, 3.8) is 0 Å². The molecule has 29 heavy (non-hydrogen) atoms. The Kier molecular flexibility index (Phi) is 6.83. The van der Waals surface area contributed by atoms with Crippen molar-refractivity contribution in [2.24, 2.45) is 5.92 Å². The number of nitrogens with zero attached hydrogens (tertiary/aromatic N) is 2. The number of urea groups is 1. The molecular formula is C25H33N3O. The average Bonchev–Trinajstić information content (AvgIpc) is 2.80. The quantitative estimate of drug-likeness (QED) is 0.803. The molecule has 4 rings (SSSR count). The number of benzene rings is 2. The van der Waals surface area contributed by atoms with Gasteiger partial charge in [0.1, 0.15) is 0 Å². The molecule has 0 unspecified atom stereocenters. The van der Waals surface area contributed by atoms with Crippen molar-refractivity contribution in [3.8, 4) is 0 Å². The average molecular weight is 392 g/mol. The number of hydrogen-bond acceptors (Lipinski definition) is 2. The third-order valence-corrected chi connectivity index (χ3v) is 6.46. The number of piperazine rings is 1. The van der Waals surface area contributed by atoms with Crippen molar-refractivity contribution in [3.05, 3.63) is 71.8 Å². The predicted octanol–water partition coefficient (Wildman–Crippen LogP) is 4.68. The largest absolute Gasteiger partial charge is 0.338 e. The van der Waals surface area contributed by atoms with Gasteiger partial charge in [-0.05, 0) is 29.9 Å². The minimum atomic E-state index is 0.117. The minimum absolute atomic E-state index is 0.117. The highest BCUT2D eigenvalue weighted by Crippen LogP contribution is 2.29. The Balaban J connectivity index is 1.36. The second kappa shape index (κ2) is 9.93. The number of carbonyl (C=O) groups excluding carboxylic acids is 1. The molecule has 0 spiro atoms. The van der Waals surface area contributed by atoms with E-state index in [4.69, 9.17) is 0 Å². The van der Waals surface area contributed by atoms with Crippen molar-refractivity contribution in [1.82, 2.24) is 15.1 Å². The van der Waals surface area contributed by atoms with Crippen LogP contribution < -0.4 is 5.32 Å². The van der Waals surface area contributed by atoms with Gasteiger partial charge in [0.25, 0.3) is 0 Å². The second-order valence-electron chi connectivity index (χ2n) is 8.44. The first-order valence-corrected chi connectivity index (χ1v) is 11.2. The summed E-state index contributed by atoms with van der Waals surface area (Å²) in [6, 6.07) is 21.8. The molecule has 2 aromatic carbocycles. The highest BCUT2D eigenvalue weighted by atomic mass is 16.2. The van der Waals surface area contributed by atoms with Gasteiger partial charge < -0.3 is 10.2 Å². The third-order valence-electron chi connectivity index (χ3n) is 6.46. The first-order valence-electron chi connectivity index (χ1n) is 11.2. The first kappa shape index (κ1) is 20.0. The zero-order valence-electron chi connectivity index (χ0n) is 17.3. The van der Waals surface area contributed by atoms with Gasteiger partial charge in [-0.1, -0.05) is 79.9 Å². The van der Waals surface area contributed by atoms with Gasteiger partial charge in [0.05, 0.1) is 6.04 Å². The molecule has 1 N–H and O–H groups in total. The smallest absolute Gasteiger partial charge is 0.317 e. The summed E-state index contributed by atoms with van der Waals surface area (Å²) >= 11 is 0. The summed E-state index contributed by atoms with van der Waals surface area (Å²) in [6.45, 7) is 4.20. The summed E-state index contributed by atoms with van der Waals surface area (Å²) < 4.78 is 0. The maximum absolute atomic E-state index is 12.7. The second-order valence-corrected chi connectivity index (χ2v) is 8.44. The van der Waals surface area contributed by atoms with Gasteiger partial charge >= 0.3 is 6.03 Å². The fourth-order valence-corrected chi connectivity index (χ4v) is 4.80. The molecule has 0 radical (unpaired) electrons. The SMILES string of the molecule is O=C(NCC1CCCCC1)N1CCN(C(c2ccccc2)c2ccccc2)CC1. The molecule has 0 atom stereocenters. The van der Waals surface area contributed by atoms with Crippen molar-refractivity contribution in [2.45, 2.75) is 38.1 Å². The summed E-state index contributed by atoms with van der Waals surface area (Å²) in [5.74, 6) is 0.675. The lowest BCUT2D eigenvalue weighted by Crippen LogP contribution is -2.53. The number of rotatable bonds is 5. The van der Waals surface area contributed by atoms with Crippen LogP contribution in [0.1, 0.15) is 49.3 Å². The molecule has 2 aliphatic rings. The van der Waals surface area contributed by atoms with Gasteiger partial charge in [0, 0.05) is 32.7 Å². The fourth-order valence-electron chi connectivity index (χ4n) is 4.80. The van der Waals surface area contributed by atoms with E-state index in [0.717, 1.165) is 32.7 Å². The molecule has 154 valence electrons. The van der Waals surface area contributed by atoms with E-state index in [2.05, 4.69) is 70.9 Å². The number of hydrogen-bond donors (Lipinski definition) is 1. The van der Waals surface area contributed by atoms with Gasteiger partial charge in [0.15, 0.2) is 0 Å². The molecule has 2 fully saturated rings. The summed E-state index contributed by atoms with van der Waals surface area (Å²) in [7, 11) is 0. The van der Waals surface area contributed by atoms with E-state index in [9.17, 15) is 4.79 Å². The van der Waals surface area contributed by atoms with E-state index in [1.54, 1.807) is 0 Å². The minimum Gasteiger partial charge on any atom is -0.338 e. The van der Waals surface area contributed by atoms with Crippen LogP contribution in [0, 0.1) is 5.92 Å². The van der Waals surface area contributed by atoms with Crippen molar-refractivity contribution in [2.75, 3.05) is 32.7 Å². The summed E-state index contributed by atoms with van der Waals surface area (Å²) in [5, 5.41) is 3.20. The zero-order chi connectivity index (χ0) is 19.9. The van der Waals surface area contributed by atoms with Crippen LogP contribution in [0.15, 0.2) is 60.7 Å². The van der Waals surface area contributed by atoms with Crippen LogP contribution in [0.4, 0.5) is 4.79 Å². The molecule has 1 aliphatic heterocycles. The Morgan fingerprint density at radius 3 is 1.93 bits per heavy atom. The fraction of sp³-hybridized carbons (Fsp3) is 0.480. The molecule has 1 heterocycles. The molecule has 1 saturated carbocycles. The molecule has 1 aliphatic carbocycles. The predicted molar refractivity (Wildman–Crippen MR) is 118 cm³/mol. The lowest BCUT2D eigenvalue weighted by molar-refractivity contribution is 0.119. The van der Waals surface area contributed by atoms with Crippen LogP contribution in [0.2, 0.25) is 0 Å². The van der Waals surface area contributed by atoms with Crippen LogP contribution in [-0.2, 0) is 0 Å². The lowest BCUT2D eigenvalue weighted by atomic mass is 9.89. The molecule has 2 amide bonds. The van der Waals surface area contributed by atoms with Gasteiger partial charge in [0.2, 0.25) is 0 Å². The highest BCUT2D eigenvalue weighted by Gasteiger charge is 2.28. The number of amides is 2. The Morgan fingerprint density at radius 2 is 1.38 bits per heavy atom. The third kappa shape index (κ3) is 5.18. The van der Waals surface area contributed by atoms with Crippen LogP contribution in [0.5, 0.6) is 0 Å². The zero-order valence-corrected chi connectivity index (χ0v) is 17.3. The van der Waals surface area contributed by atoms with Crippen LogP contribution in [0.25, 0.3) is 0 Å². The Bertz CT molecular complexity index is 711. The molecule has 4 heteroatoms. The molecule has 1 saturated heterocycles. The van der Waals surface area contributed by atoms with E-state index in [1.165, 1.54) is 43.2 Å². The topological polar surface area (TPSA) is 35.6 Å². The summed E-state index contributed by atoms with van der Waals surface area (Å²) in [6.07, 6.45) is 6.53. The summed E-state index contributed by atoms with van der Waals surface area (Å²) in [5.41, 5.74) is 2.63. The standard InChI is InChI=1S/C25H33N3O/c29-25(26-20-21-10-4-1-5-11-21)28-18-16-27(17-19-28)24(22-12-6-2-7-13-22)23-14-8-3-9-15-23/h2-3,6-9,12-15,21,24H,1,4-5,10-11,16-20H2,(H,26,29). The molecule has 0 aromatic heterocycles. The molecule has 4 nitrogen and oxygen atoms in total. The van der Waals surface area contributed by atoms with Gasteiger partial charge in [-0.3, -0.25) is 4.90 Å². The molecular weight excluding hydrogens is 358 g/mol. The van der Waals surface area contributed by atoms with E-state index < -0.39 is 0 Å². The van der Waals surface area contributed by atoms with Gasteiger partial charge in [-0.15, -0.1) is 0 Å². The summed E-state index contributed by atoms with van der Waals surface area (Å²) in [4.78, 5) is 17.2. The van der Waals surface area contributed by atoms with Crippen molar-refractivity contribution >= 4 is 6.03 Å². The van der Waals surface area contributed by atoms with E-state index in [0.29, 0.717) is 5.92 Å². The maximum Gasteiger partial charge on any atom is 0.317 e. The first-order chi connectivity index (χ1) is 14.3. The van der Waals surface area contributed by atoms with Crippen LogP contribution in [0.3, 0.4) is 0 Å².